The summed E-state index contributed by atoms with van der Waals surface area (Å²) in [6, 6.07) is 19.2. The Labute approximate surface area is 145 Å². The Bertz CT molecular complexity index is 852. The average Bonchev–Trinajstić information content (AvgIpc) is 2.68. The van der Waals surface area contributed by atoms with Crippen LogP contribution in [0.5, 0.6) is 0 Å². The van der Waals surface area contributed by atoms with E-state index in [1.54, 1.807) is 18.5 Å². The first-order chi connectivity index (χ1) is 12.3. The molecule has 3 aromatic rings. The summed E-state index contributed by atoms with van der Waals surface area (Å²) in [6.07, 6.45) is 3.50. The molecule has 3 rings (SSSR count). The maximum atomic E-state index is 12.5. The van der Waals surface area contributed by atoms with Gasteiger partial charge in [-0.2, -0.15) is 0 Å². The topological polar surface area (TPSA) is 54.0 Å². The molecule has 0 aliphatic carbocycles. The lowest BCUT2D eigenvalue weighted by molar-refractivity contribution is -0.117. The Morgan fingerprint density at radius 1 is 1.04 bits per heavy atom. The standard InChI is InChI=1S/C20H18FN3O/c21-12-20(25)24-19-9-2-1-8-18(19)16-6-3-5-15(11-16)13-23-17-7-4-10-22-14-17/h1-11,14,23H,12-13H2,(H,24,25). The average molecular weight is 335 g/mol. The van der Waals surface area contributed by atoms with Crippen LogP contribution in [0.15, 0.2) is 73.1 Å². The largest absolute Gasteiger partial charge is 0.380 e. The lowest BCUT2D eigenvalue weighted by Gasteiger charge is -2.12. The van der Waals surface area contributed by atoms with Gasteiger partial charge >= 0.3 is 0 Å². The van der Waals surface area contributed by atoms with Crippen LogP contribution in [0.1, 0.15) is 5.56 Å². The monoisotopic (exact) mass is 335 g/mol. The van der Waals surface area contributed by atoms with Crippen LogP contribution in [-0.2, 0) is 11.3 Å². The molecule has 0 saturated heterocycles. The van der Waals surface area contributed by atoms with Crippen molar-refractivity contribution in [1.82, 2.24) is 4.98 Å². The molecule has 2 N–H and O–H groups in total. The number of hydrogen-bond donors (Lipinski definition) is 2. The lowest BCUT2D eigenvalue weighted by atomic mass is 10.0. The number of anilines is 2. The fourth-order valence-corrected chi connectivity index (χ4v) is 2.55. The number of rotatable bonds is 6. The number of pyridine rings is 1. The summed E-state index contributed by atoms with van der Waals surface area (Å²) < 4.78 is 12.5. The van der Waals surface area contributed by atoms with Crippen molar-refractivity contribution in [2.24, 2.45) is 0 Å². The molecule has 2 aromatic carbocycles. The number of alkyl halides is 1. The summed E-state index contributed by atoms with van der Waals surface area (Å²) in [6.45, 7) is -0.387. The number of carbonyl (C=O) groups is 1. The molecule has 0 fully saturated rings. The van der Waals surface area contributed by atoms with Crippen molar-refractivity contribution in [1.29, 1.82) is 0 Å². The van der Waals surface area contributed by atoms with Crippen LogP contribution in [0.3, 0.4) is 0 Å². The molecule has 126 valence electrons. The van der Waals surface area contributed by atoms with Gasteiger partial charge in [-0.15, -0.1) is 0 Å². The molecule has 0 unspecified atom stereocenters. The van der Waals surface area contributed by atoms with Gasteiger partial charge in [-0.3, -0.25) is 9.78 Å². The van der Waals surface area contributed by atoms with E-state index in [9.17, 15) is 9.18 Å². The number of carbonyl (C=O) groups excluding carboxylic acids is 1. The Balaban J connectivity index is 1.81. The van der Waals surface area contributed by atoms with Crippen molar-refractivity contribution in [3.05, 3.63) is 78.6 Å². The van der Waals surface area contributed by atoms with Crippen molar-refractivity contribution < 1.29 is 9.18 Å². The molecular formula is C20H18FN3O. The van der Waals surface area contributed by atoms with Crippen LogP contribution in [0.2, 0.25) is 0 Å². The number of amides is 1. The van der Waals surface area contributed by atoms with E-state index in [2.05, 4.69) is 15.6 Å². The van der Waals surface area contributed by atoms with Crippen LogP contribution in [-0.4, -0.2) is 17.6 Å². The van der Waals surface area contributed by atoms with Crippen molar-refractivity contribution in [3.63, 3.8) is 0 Å². The molecule has 1 aromatic heterocycles. The molecule has 0 spiro atoms. The first-order valence-corrected chi connectivity index (χ1v) is 7.94. The van der Waals surface area contributed by atoms with Gasteiger partial charge in [0.05, 0.1) is 5.69 Å². The third-order valence-electron chi connectivity index (χ3n) is 3.72. The Morgan fingerprint density at radius 3 is 2.72 bits per heavy atom. The molecule has 1 amide bonds. The second-order valence-corrected chi connectivity index (χ2v) is 5.52. The van der Waals surface area contributed by atoms with Crippen LogP contribution in [0.4, 0.5) is 15.8 Å². The second-order valence-electron chi connectivity index (χ2n) is 5.52. The first-order valence-electron chi connectivity index (χ1n) is 7.94. The third-order valence-corrected chi connectivity index (χ3v) is 3.72. The number of aromatic nitrogens is 1. The van der Waals surface area contributed by atoms with Gasteiger partial charge in [0.1, 0.15) is 0 Å². The van der Waals surface area contributed by atoms with Crippen LogP contribution in [0, 0.1) is 0 Å². The SMILES string of the molecule is O=C(CF)Nc1ccccc1-c1cccc(CNc2cccnc2)c1. The quantitative estimate of drug-likeness (QED) is 0.707. The first kappa shape index (κ1) is 16.6. The zero-order valence-electron chi connectivity index (χ0n) is 13.6. The maximum Gasteiger partial charge on any atom is 0.255 e. The molecule has 1 heterocycles. The van der Waals surface area contributed by atoms with Gasteiger partial charge in [0.2, 0.25) is 0 Å². The zero-order valence-corrected chi connectivity index (χ0v) is 13.6. The number of nitrogens with zero attached hydrogens (tertiary/aromatic N) is 1. The predicted molar refractivity (Wildman–Crippen MR) is 98.0 cm³/mol. The number of para-hydroxylation sites is 1. The molecular weight excluding hydrogens is 317 g/mol. The molecule has 0 bridgehead atoms. The van der Waals surface area contributed by atoms with Crippen molar-refractivity contribution in [2.75, 3.05) is 17.3 Å². The van der Waals surface area contributed by atoms with Crippen LogP contribution >= 0.6 is 0 Å². The molecule has 0 aliphatic rings. The lowest BCUT2D eigenvalue weighted by Crippen LogP contribution is -2.13. The minimum absolute atomic E-state index is 0.600. The van der Waals surface area contributed by atoms with E-state index in [1.165, 1.54) is 0 Å². The van der Waals surface area contributed by atoms with Gasteiger partial charge in [0.25, 0.3) is 5.91 Å². The smallest absolute Gasteiger partial charge is 0.255 e. The summed E-state index contributed by atoms with van der Waals surface area (Å²) in [5, 5.41) is 5.91. The second kappa shape index (κ2) is 8.06. The summed E-state index contributed by atoms with van der Waals surface area (Å²) in [5.74, 6) is -0.651. The van der Waals surface area contributed by atoms with Crippen LogP contribution < -0.4 is 10.6 Å². The minimum Gasteiger partial charge on any atom is -0.380 e. The Morgan fingerprint density at radius 2 is 1.92 bits per heavy atom. The van der Waals surface area contributed by atoms with Crippen molar-refractivity contribution in [2.45, 2.75) is 6.54 Å². The molecule has 5 heteroatoms. The number of hydrogen-bond acceptors (Lipinski definition) is 3. The minimum atomic E-state index is -1.04. The van der Waals surface area contributed by atoms with E-state index in [4.69, 9.17) is 0 Å². The highest BCUT2D eigenvalue weighted by atomic mass is 19.1. The third kappa shape index (κ3) is 4.41. The maximum absolute atomic E-state index is 12.5. The summed E-state index contributed by atoms with van der Waals surface area (Å²) in [7, 11) is 0. The number of halogens is 1. The van der Waals surface area contributed by atoms with Gasteiger partial charge in [0.15, 0.2) is 6.67 Å². The van der Waals surface area contributed by atoms with Gasteiger partial charge in [-0.1, -0.05) is 36.4 Å². The fraction of sp³-hybridized carbons (Fsp3) is 0.100. The molecule has 0 atom stereocenters. The van der Waals surface area contributed by atoms with E-state index in [0.29, 0.717) is 12.2 Å². The summed E-state index contributed by atoms with van der Waals surface area (Å²) in [5.41, 5.74) is 4.45. The Kier molecular flexibility index (Phi) is 5.36. The molecule has 0 saturated carbocycles. The zero-order chi connectivity index (χ0) is 17.5. The molecule has 25 heavy (non-hydrogen) atoms. The molecule has 0 radical (unpaired) electrons. The van der Waals surface area contributed by atoms with Gasteiger partial charge in [0, 0.05) is 30.2 Å². The fourth-order valence-electron chi connectivity index (χ4n) is 2.55. The van der Waals surface area contributed by atoms with Crippen LogP contribution in [0.25, 0.3) is 11.1 Å². The van der Waals surface area contributed by atoms with Gasteiger partial charge < -0.3 is 10.6 Å². The summed E-state index contributed by atoms with van der Waals surface area (Å²) in [4.78, 5) is 15.5. The predicted octanol–water partition coefficient (Wildman–Crippen LogP) is 4.27. The molecule has 0 aliphatic heterocycles. The van der Waals surface area contributed by atoms with Crippen molar-refractivity contribution >= 4 is 17.3 Å². The van der Waals surface area contributed by atoms with Crippen molar-refractivity contribution in [3.8, 4) is 11.1 Å². The number of benzene rings is 2. The highest BCUT2D eigenvalue weighted by Crippen LogP contribution is 2.28. The van der Waals surface area contributed by atoms with E-state index in [0.717, 1.165) is 22.4 Å². The van der Waals surface area contributed by atoms with E-state index in [-0.39, 0.29) is 0 Å². The normalized spacial score (nSPS) is 10.3. The van der Waals surface area contributed by atoms with Gasteiger partial charge in [-0.25, -0.2) is 4.39 Å². The number of nitrogens with one attached hydrogen (secondary N) is 2. The highest BCUT2D eigenvalue weighted by molar-refractivity contribution is 5.96. The molecule has 4 nitrogen and oxygen atoms in total. The van der Waals surface area contributed by atoms with Gasteiger partial charge in [-0.05, 0) is 35.4 Å². The van der Waals surface area contributed by atoms with E-state index < -0.39 is 12.6 Å². The Hall–Kier alpha value is -3.21. The highest BCUT2D eigenvalue weighted by Gasteiger charge is 2.08. The summed E-state index contributed by atoms with van der Waals surface area (Å²) >= 11 is 0. The van der Waals surface area contributed by atoms with E-state index >= 15 is 0 Å². The van der Waals surface area contributed by atoms with E-state index in [1.807, 2.05) is 54.6 Å².